The molecule has 1 heterocycles. The van der Waals surface area contributed by atoms with Crippen LogP contribution in [0.4, 0.5) is 0 Å². The van der Waals surface area contributed by atoms with Gasteiger partial charge < -0.3 is 5.41 Å². The third kappa shape index (κ3) is 1.77. The lowest BCUT2D eigenvalue weighted by Gasteiger charge is -1.78. The standard InChI is InChI=1S/C5H7N5/c1-4(6)2-3-5-7-9-10-8-5/h2-3,6H,1H3,(H,7,8,9,10)/b3-2-,6-4?. The topological polar surface area (TPSA) is 78.3 Å². The second-order valence-electron chi connectivity index (χ2n) is 1.79. The van der Waals surface area contributed by atoms with Gasteiger partial charge in [0.05, 0.1) is 0 Å². The summed E-state index contributed by atoms with van der Waals surface area (Å²) in [5.41, 5.74) is 0.463. The van der Waals surface area contributed by atoms with E-state index in [0.717, 1.165) is 0 Å². The van der Waals surface area contributed by atoms with Gasteiger partial charge in [0, 0.05) is 5.71 Å². The Labute approximate surface area is 57.7 Å². The summed E-state index contributed by atoms with van der Waals surface area (Å²) >= 11 is 0. The smallest absolute Gasteiger partial charge is 0.197 e. The summed E-state index contributed by atoms with van der Waals surface area (Å²) < 4.78 is 0. The van der Waals surface area contributed by atoms with E-state index in [1.165, 1.54) is 0 Å². The van der Waals surface area contributed by atoms with Crippen LogP contribution in [0.1, 0.15) is 12.7 Å². The molecule has 0 bridgehead atoms. The minimum absolute atomic E-state index is 0.463. The average Bonchev–Trinajstić information content (AvgIpc) is 2.34. The first-order valence-corrected chi connectivity index (χ1v) is 2.76. The van der Waals surface area contributed by atoms with E-state index in [0.29, 0.717) is 11.5 Å². The lowest BCUT2D eigenvalue weighted by Crippen LogP contribution is -1.80. The van der Waals surface area contributed by atoms with E-state index in [1.807, 2.05) is 0 Å². The maximum Gasteiger partial charge on any atom is 0.197 e. The van der Waals surface area contributed by atoms with Crippen molar-refractivity contribution in [2.75, 3.05) is 0 Å². The second-order valence-corrected chi connectivity index (χ2v) is 1.79. The quantitative estimate of drug-likeness (QED) is 0.573. The molecule has 1 rings (SSSR count). The molecule has 0 saturated heterocycles. The Morgan fingerprint density at radius 2 is 2.50 bits per heavy atom. The van der Waals surface area contributed by atoms with Gasteiger partial charge in [-0.1, -0.05) is 0 Å². The van der Waals surface area contributed by atoms with Crippen molar-refractivity contribution in [2.45, 2.75) is 6.92 Å². The highest BCUT2D eigenvalue weighted by Gasteiger charge is 1.87. The summed E-state index contributed by atoms with van der Waals surface area (Å²) in [5.74, 6) is 0.492. The molecule has 1 aromatic heterocycles. The number of nitrogens with one attached hydrogen (secondary N) is 2. The third-order valence-corrected chi connectivity index (χ3v) is 0.844. The number of hydrogen-bond acceptors (Lipinski definition) is 4. The molecule has 0 aromatic carbocycles. The van der Waals surface area contributed by atoms with E-state index in [-0.39, 0.29) is 0 Å². The number of aromatic nitrogens is 4. The highest BCUT2D eigenvalue weighted by molar-refractivity contribution is 5.93. The van der Waals surface area contributed by atoms with Crippen LogP contribution in [0.5, 0.6) is 0 Å². The van der Waals surface area contributed by atoms with E-state index < -0.39 is 0 Å². The van der Waals surface area contributed by atoms with Crippen LogP contribution in [0.2, 0.25) is 0 Å². The van der Waals surface area contributed by atoms with Crippen molar-refractivity contribution in [3.63, 3.8) is 0 Å². The largest absolute Gasteiger partial charge is 0.306 e. The Morgan fingerprint density at radius 3 is 3.00 bits per heavy atom. The van der Waals surface area contributed by atoms with Gasteiger partial charge in [-0.2, -0.15) is 5.21 Å². The van der Waals surface area contributed by atoms with Gasteiger partial charge in [0.15, 0.2) is 5.82 Å². The molecule has 5 nitrogen and oxygen atoms in total. The van der Waals surface area contributed by atoms with Gasteiger partial charge in [-0.05, 0) is 24.3 Å². The molecule has 1 aromatic rings. The highest BCUT2D eigenvalue weighted by atomic mass is 15.5. The maximum atomic E-state index is 7.02. The molecule has 2 N–H and O–H groups in total. The first-order chi connectivity index (χ1) is 4.79. The Kier molecular flexibility index (Phi) is 1.89. The predicted molar refractivity (Wildman–Crippen MR) is 36.6 cm³/mol. The Morgan fingerprint density at radius 1 is 1.70 bits per heavy atom. The van der Waals surface area contributed by atoms with Crippen molar-refractivity contribution >= 4 is 11.8 Å². The number of rotatable bonds is 2. The predicted octanol–water partition coefficient (Wildman–Crippen LogP) is 0.253. The minimum atomic E-state index is 0.463. The lowest BCUT2D eigenvalue weighted by molar-refractivity contribution is 0.881. The minimum Gasteiger partial charge on any atom is -0.306 e. The Bertz CT molecular complexity index is 235. The molecule has 0 spiro atoms. The average molecular weight is 137 g/mol. The van der Waals surface area contributed by atoms with Crippen molar-refractivity contribution < 1.29 is 0 Å². The Balaban J connectivity index is 2.64. The number of aromatic amines is 1. The molecule has 0 radical (unpaired) electrons. The number of hydrogen-bond donors (Lipinski definition) is 2. The first kappa shape index (κ1) is 6.60. The molecule has 5 heteroatoms. The van der Waals surface area contributed by atoms with Gasteiger partial charge >= 0.3 is 0 Å². The number of H-pyrrole nitrogens is 1. The normalized spacial score (nSPS) is 10.5. The molecule has 10 heavy (non-hydrogen) atoms. The van der Waals surface area contributed by atoms with Gasteiger partial charge in [-0.25, -0.2) is 0 Å². The van der Waals surface area contributed by atoms with Gasteiger partial charge in [-0.15, -0.1) is 10.2 Å². The van der Waals surface area contributed by atoms with Gasteiger partial charge in [0.1, 0.15) is 0 Å². The van der Waals surface area contributed by atoms with Crippen LogP contribution in [0.3, 0.4) is 0 Å². The fourth-order valence-corrected chi connectivity index (χ4v) is 0.440. The van der Waals surface area contributed by atoms with Crippen molar-refractivity contribution in [3.8, 4) is 0 Å². The van der Waals surface area contributed by atoms with Gasteiger partial charge in [-0.3, -0.25) is 0 Å². The van der Waals surface area contributed by atoms with Crippen LogP contribution < -0.4 is 0 Å². The van der Waals surface area contributed by atoms with E-state index in [2.05, 4.69) is 20.6 Å². The van der Waals surface area contributed by atoms with Gasteiger partial charge in [0.2, 0.25) is 0 Å². The highest BCUT2D eigenvalue weighted by Crippen LogP contribution is 1.87. The van der Waals surface area contributed by atoms with Crippen LogP contribution in [0.15, 0.2) is 6.08 Å². The maximum absolute atomic E-state index is 7.02. The fourth-order valence-electron chi connectivity index (χ4n) is 0.440. The zero-order valence-electron chi connectivity index (χ0n) is 5.50. The molecule has 0 aliphatic rings. The number of nitrogens with zero attached hydrogens (tertiary/aromatic N) is 3. The molecule has 0 fully saturated rings. The fraction of sp³-hybridized carbons (Fsp3) is 0.200. The third-order valence-electron chi connectivity index (χ3n) is 0.844. The second kappa shape index (κ2) is 2.86. The molecule has 52 valence electrons. The number of tetrazole rings is 1. The zero-order valence-corrected chi connectivity index (χ0v) is 5.50. The first-order valence-electron chi connectivity index (χ1n) is 2.76. The SMILES string of the molecule is CC(=N)/C=C\c1nn[nH]n1. The molecule has 0 amide bonds. The van der Waals surface area contributed by atoms with E-state index in [9.17, 15) is 0 Å². The summed E-state index contributed by atoms with van der Waals surface area (Å²) in [6.07, 6.45) is 3.22. The van der Waals surface area contributed by atoms with Crippen molar-refractivity contribution in [1.82, 2.24) is 20.6 Å². The molecule has 0 aliphatic carbocycles. The molecule has 0 unspecified atom stereocenters. The van der Waals surface area contributed by atoms with Crippen LogP contribution >= 0.6 is 0 Å². The van der Waals surface area contributed by atoms with Crippen LogP contribution in [0, 0.1) is 5.41 Å². The summed E-state index contributed by atoms with van der Waals surface area (Å²) in [4.78, 5) is 0. The van der Waals surface area contributed by atoms with Crippen LogP contribution in [-0.4, -0.2) is 26.3 Å². The van der Waals surface area contributed by atoms with Crippen LogP contribution in [-0.2, 0) is 0 Å². The summed E-state index contributed by atoms with van der Waals surface area (Å²) in [5, 5.41) is 20.0. The zero-order chi connectivity index (χ0) is 7.40. The van der Waals surface area contributed by atoms with Crippen molar-refractivity contribution in [1.29, 1.82) is 5.41 Å². The monoisotopic (exact) mass is 137 g/mol. The summed E-state index contributed by atoms with van der Waals surface area (Å²) in [7, 11) is 0. The van der Waals surface area contributed by atoms with Gasteiger partial charge in [0.25, 0.3) is 0 Å². The summed E-state index contributed by atoms with van der Waals surface area (Å²) in [6, 6.07) is 0. The molecular weight excluding hydrogens is 130 g/mol. The van der Waals surface area contributed by atoms with Crippen LogP contribution in [0.25, 0.3) is 6.08 Å². The molecule has 0 atom stereocenters. The molecular formula is C5H7N5. The molecule has 0 aliphatic heterocycles. The van der Waals surface area contributed by atoms with Crippen molar-refractivity contribution in [3.05, 3.63) is 11.9 Å². The van der Waals surface area contributed by atoms with E-state index >= 15 is 0 Å². The Hall–Kier alpha value is -1.52. The van der Waals surface area contributed by atoms with E-state index in [4.69, 9.17) is 5.41 Å². The molecule has 0 saturated carbocycles. The van der Waals surface area contributed by atoms with E-state index in [1.54, 1.807) is 19.1 Å². The van der Waals surface area contributed by atoms with Crippen molar-refractivity contribution in [2.24, 2.45) is 0 Å². The summed E-state index contributed by atoms with van der Waals surface area (Å²) in [6.45, 7) is 1.68. The lowest BCUT2D eigenvalue weighted by atomic mass is 10.4. The number of allylic oxidation sites excluding steroid dienone is 1.